The topological polar surface area (TPSA) is 97.1 Å². The molecule has 1 amide bonds. The standard InChI is InChI=1S/C10H14N4O3/c1-5(8-13-11-4-14(8)2)12-9(15)6-3-7(6)10(16)17/h4-7H,3H2,1-2H3,(H,12,15)(H,16,17)/t5?,6-,7+/m1/s1. The summed E-state index contributed by atoms with van der Waals surface area (Å²) < 4.78 is 1.71. The minimum atomic E-state index is -0.906. The highest BCUT2D eigenvalue weighted by Crippen LogP contribution is 2.39. The Labute approximate surface area is 97.8 Å². The Hall–Kier alpha value is -1.92. The van der Waals surface area contributed by atoms with E-state index in [1.54, 1.807) is 24.9 Å². The molecule has 1 fully saturated rings. The van der Waals surface area contributed by atoms with Crippen molar-refractivity contribution in [2.24, 2.45) is 18.9 Å². The van der Waals surface area contributed by atoms with Gasteiger partial charge in [-0.15, -0.1) is 10.2 Å². The van der Waals surface area contributed by atoms with Crippen molar-refractivity contribution in [2.45, 2.75) is 19.4 Å². The van der Waals surface area contributed by atoms with Crippen LogP contribution in [-0.2, 0) is 16.6 Å². The van der Waals surface area contributed by atoms with Crippen LogP contribution >= 0.6 is 0 Å². The lowest BCUT2D eigenvalue weighted by Crippen LogP contribution is -2.30. The Morgan fingerprint density at radius 3 is 2.76 bits per heavy atom. The molecule has 1 aliphatic carbocycles. The van der Waals surface area contributed by atoms with E-state index in [9.17, 15) is 9.59 Å². The summed E-state index contributed by atoms with van der Waals surface area (Å²) in [6.45, 7) is 1.79. The molecule has 0 bridgehead atoms. The van der Waals surface area contributed by atoms with Gasteiger partial charge in [-0.2, -0.15) is 0 Å². The molecule has 1 aliphatic rings. The van der Waals surface area contributed by atoms with Gasteiger partial charge in [0.05, 0.1) is 17.9 Å². The number of carboxylic acids is 1. The number of rotatable bonds is 4. The van der Waals surface area contributed by atoms with E-state index >= 15 is 0 Å². The molecule has 1 heterocycles. The monoisotopic (exact) mass is 238 g/mol. The van der Waals surface area contributed by atoms with Crippen LogP contribution in [0.2, 0.25) is 0 Å². The maximum atomic E-state index is 11.7. The number of hydrogen-bond donors (Lipinski definition) is 2. The molecule has 3 atom stereocenters. The molecule has 92 valence electrons. The van der Waals surface area contributed by atoms with Gasteiger partial charge in [-0.05, 0) is 13.3 Å². The van der Waals surface area contributed by atoms with Crippen LogP contribution in [0.5, 0.6) is 0 Å². The first-order valence-electron chi connectivity index (χ1n) is 5.37. The Morgan fingerprint density at radius 1 is 1.59 bits per heavy atom. The third-order valence-electron chi connectivity index (χ3n) is 2.94. The Kier molecular flexibility index (Phi) is 2.83. The maximum Gasteiger partial charge on any atom is 0.307 e. The van der Waals surface area contributed by atoms with Crippen LogP contribution in [0.1, 0.15) is 25.2 Å². The average Bonchev–Trinajstić information content (AvgIpc) is 2.95. The van der Waals surface area contributed by atoms with E-state index in [1.807, 2.05) is 0 Å². The van der Waals surface area contributed by atoms with Crippen LogP contribution in [-0.4, -0.2) is 31.7 Å². The summed E-state index contributed by atoms with van der Waals surface area (Å²) in [6, 6.07) is -0.273. The predicted molar refractivity (Wildman–Crippen MR) is 56.8 cm³/mol. The molecule has 0 saturated heterocycles. The number of amides is 1. The quantitative estimate of drug-likeness (QED) is 0.751. The number of nitrogens with zero attached hydrogens (tertiary/aromatic N) is 3. The van der Waals surface area contributed by atoms with E-state index in [4.69, 9.17) is 5.11 Å². The molecule has 0 aromatic carbocycles. The van der Waals surface area contributed by atoms with Crippen LogP contribution in [0, 0.1) is 11.8 Å². The number of carboxylic acid groups (broad SMARTS) is 1. The Morgan fingerprint density at radius 2 is 2.29 bits per heavy atom. The molecule has 1 aromatic rings. The van der Waals surface area contributed by atoms with Crippen molar-refractivity contribution in [3.63, 3.8) is 0 Å². The first-order chi connectivity index (χ1) is 8.00. The molecular formula is C10H14N4O3. The fraction of sp³-hybridized carbons (Fsp3) is 0.600. The first kappa shape index (κ1) is 11.6. The third-order valence-corrected chi connectivity index (χ3v) is 2.94. The second-order valence-corrected chi connectivity index (χ2v) is 4.32. The number of aryl methyl sites for hydroxylation is 1. The van der Waals surface area contributed by atoms with Crippen molar-refractivity contribution < 1.29 is 14.7 Å². The second kappa shape index (κ2) is 4.15. The molecule has 7 nitrogen and oxygen atoms in total. The molecule has 7 heteroatoms. The average molecular weight is 238 g/mol. The minimum absolute atomic E-state index is 0.229. The van der Waals surface area contributed by atoms with Crippen LogP contribution in [0.25, 0.3) is 0 Å². The largest absolute Gasteiger partial charge is 0.481 e. The third kappa shape index (κ3) is 2.27. The van der Waals surface area contributed by atoms with E-state index in [0.29, 0.717) is 12.2 Å². The second-order valence-electron chi connectivity index (χ2n) is 4.32. The van der Waals surface area contributed by atoms with E-state index in [2.05, 4.69) is 15.5 Å². The van der Waals surface area contributed by atoms with Gasteiger partial charge in [0.2, 0.25) is 5.91 Å². The molecule has 2 N–H and O–H groups in total. The maximum absolute atomic E-state index is 11.7. The number of aliphatic carboxylic acids is 1. The molecule has 0 radical (unpaired) electrons. The molecule has 17 heavy (non-hydrogen) atoms. The zero-order valence-corrected chi connectivity index (χ0v) is 9.62. The number of aromatic nitrogens is 3. The summed E-state index contributed by atoms with van der Waals surface area (Å²) in [6.07, 6.45) is 1.97. The summed E-state index contributed by atoms with van der Waals surface area (Å²) in [5, 5.41) is 19.1. The minimum Gasteiger partial charge on any atom is -0.481 e. The number of nitrogens with one attached hydrogen (secondary N) is 1. The Bertz CT molecular complexity index is 456. The molecular weight excluding hydrogens is 224 g/mol. The van der Waals surface area contributed by atoms with E-state index in [-0.39, 0.29) is 11.9 Å². The van der Waals surface area contributed by atoms with E-state index < -0.39 is 17.8 Å². The molecule has 0 aliphatic heterocycles. The summed E-state index contributed by atoms with van der Waals surface area (Å²) in [5.74, 6) is -1.42. The van der Waals surface area contributed by atoms with Crippen LogP contribution in [0.15, 0.2) is 6.33 Å². The first-order valence-corrected chi connectivity index (χ1v) is 5.37. The summed E-state index contributed by atoms with van der Waals surface area (Å²) >= 11 is 0. The highest BCUT2D eigenvalue weighted by Gasteiger charge is 2.48. The van der Waals surface area contributed by atoms with Crippen molar-refractivity contribution in [2.75, 3.05) is 0 Å². The molecule has 1 aromatic heterocycles. The fourth-order valence-electron chi connectivity index (χ4n) is 1.83. The zero-order valence-electron chi connectivity index (χ0n) is 9.62. The van der Waals surface area contributed by atoms with Gasteiger partial charge in [-0.1, -0.05) is 0 Å². The van der Waals surface area contributed by atoms with Gasteiger partial charge in [-0.25, -0.2) is 0 Å². The van der Waals surface area contributed by atoms with Crippen molar-refractivity contribution in [3.8, 4) is 0 Å². The van der Waals surface area contributed by atoms with E-state index in [0.717, 1.165) is 0 Å². The fourth-order valence-corrected chi connectivity index (χ4v) is 1.83. The van der Waals surface area contributed by atoms with E-state index in [1.165, 1.54) is 0 Å². The van der Waals surface area contributed by atoms with Crippen molar-refractivity contribution >= 4 is 11.9 Å². The molecule has 1 saturated carbocycles. The molecule has 0 spiro atoms. The summed E-state index contributed by atoms with van der Waals surface area (Å²) in [7, 11) is 1.79. The van der Waals surface area contributed by atoms with Gasteiger partial charge >= 0.3 is 5.97 Å². The van der Waals surface area contributed by atoms with Gasteiger partial charge in [0.1, 0.15) is 6.33 Å². The smallest absolute Gasteiger partial charge is 0.307 e. The van der Waals surface area contributed by atoms with Crippen molar-refractivity contribution in [3.05, 3.63) is 12.2 Å². The number of hydrogen-bond acceptors (Lipinski definition) is 4. The Balaban J connectivity index is 1.92. The SMILES string of the molecule is CC(NC(=O)[C@@H]1C[C@@H]1C(=O)O)c1nncn1C. The van der Waals surface area contributed by atoms with Crippen LogP contribution in [0.3, 0.4) is 0 Å². The normalized spacial score (nSPS) is 24.1. The van der Waals surface area contributed by atoms with Crippen LogP contribution < -0.4 is 5.32 Å². The zero-order chi connectivity index (χ0) is 12.6. The number of carbonyl (C=O) groups is 2. The predicted octanol–water partition coefficient (Wildman–Crippen LogP) is -0.287. The lowest BCUT2D eigenvalue weighted by molar-refractivity contribution is -0.140. The number of carbonyl (C=O) groups excluding carboxylic acids is 1. The summed E-state index contributed by atoms with van der Waals surface area (Å²) in [4.78, 5) is 22.3. The van der Waals surface area contributed by atoms with Gasteiger partial charge in [0, 0.05) is 7.05 Å². The van der Waals surface area contributed by atoms with Gasteiger partial charge in [-0.3, -0.25) is 9.59 Å². The van der Waals surface area contributed by atoms with Crippen molar-refractivity contribution in [1.29, 1.82) is 0 Å². The highest BCUT2D eigenvalue weighted by atomic mass is 16.4. The molecule has 2 rings (SSSR count). The lowest BCUT2D eigenvalue weighted by atomic mass is 10.2. The molecule has 1 unspecified atom stereocenters. The van der Waals surface area contributed by atoms with Gasteiger partial charge in [0.15, 0.2) is 5.82 Å². The summed E-state index contributed by atoms with van der Waals surface area (Å²) in [5.41, 5.74) is 0. The van der Waals surface area contributed by atoms with Crippen molar-refractivity contribution in [1.82, 2.24) is 20.1 Å². The lowest BCUT2D eigenvalue weighted by Gasteiger charge is -2.12. The highest BCUT2D eigenvalue weighted by molar-refractivity contribution is 5.89. The van der Waals surface area contributed by atoms with Gasteiger partial charge in [0.25, 0.3) is 0 Å². The van der Waals surface area contributed by atoms with Crippen LogP contribution in [0.4, 0.5) is 0 Å². The van der Waals surface area contributed by atoms with Gasteiger partial charge < -0.3 is 15.0 Å².